The van der Waals surface area contributed by atoms with E-state index >= 15 is 0 Å². The Balaban J connectivity index is 1.75. The summed E-state index contributed by atoms with van der Waals surface area (Å²) in [7, 11) is 0. The molecular weight excluding hydrogens is 336 g/mol. The maximum atomic E-state index is 12.9. The third kappa shape index (κ3) is 4.46. The SMILES string of the molecule is CCc1ccc(C2CC(OC(=O)O)CN(C(=O)N3CCOCC3)C2)cc1. The van der Waals surface area contributed by atoms with Gasteiger partial charge in [-0.25, -0.2) is 9.59 Å². The van der Waals surface area contributed by atoms with E-state index in [1.165, 1.54) is 5.56 Å². The van der Waals surface area contributed by atoms with Crippen molar-refractivity contribution in [1.29, 1.82) is 0 Å². The van der Waals surface area contributed by atoms with Crippen LogP contribution in [0.1, 0.15) is 30.4 Å². The molecule has 1 N–H and O–H groups in total. The molecule has 2 atom stereocenters. The van der Waals surface area contributed by atoms with E-state index in [2.05, 4.69) is 31.2 Å². The van der Waals surface area contributed by atoms with Crippen molar-refractivity contribution < 1.29 is 24.2 Å². The fourth-order valence-electron chi connectivity index (χ4n) is 3.66. The zero-order chi connectivity index (χ0) is 18.5. The number of likely N-dealkylation sites (tertiary alicyclic amines) is 1. The monoisotopic (exact) mass is 362 g/mol. The molecule has 0 saturated carbocycles. The number of piperidine rings is 1. The van der Waals surface area contributed by atoms with Crippen LogP contribution in [0, 0.1) is 0 Å². The molecule has 7 nitrogen and oxygen atoms in total. The van der Waals surface area contributed by atoms with Gasteiger partial charge in [-0.05, 0) is 24.0 Å². The van der Waals surface area contributed by atoms with Gasteiger partial charge in [0.05, 0.1) is 19.8 Å². The van der Waals surface area contributed by atoms with Crippen LogP contribution in [0.2, 0.25) is 0 Å². The number of hydrogen-bond acceptors (Lipinski definition) is 4. The highest BCUT2D eigenvalue weighted by Gasteiger charge is 2.35. The maximum absolute atomic E-state index is 12.9. The molecule has 2 fully saturated rings. The Bertz CT molecular complexity index is 627. The molecule has 7 heteroatoms. The lowest BCUT2D eigenvalue weighted by atomic mass is 9.88. The lowest BCUT2D eigenvalue weighted by Gasteiger charge is -2.40. The number of morpholine rings is 1. The van der Waals surface area contributed by atoms with Gasteiger partial charge in [0.1, 0.15) is 6.10 Å². The van der Waals surface area contributed by atoms with Crippen LogP contribution >= 0.6 is 0 Å². The van der Waals surface area contributed by atoms with Crippen molar-refractivity contribution in [3.63, 3.8) is 0 Å². The number of hydrogen-bond donors (Lipinski definition) is 1. The molecule has 0 aliphatic carbocycles. The molecule has 0 radical (unpaired) electrons. The number of carboxylic acid groups (broad SMARTS) is 1. The quantitative estimate of drug-likeness (QED) is 0.836. The van der Waals surface area contributed by atoms with Gasteiger partial charge in [-0.15, -0.1) is 0 Å². The van der Waals surface area contributed by atoms with E-state index in [-0.39, 0.29) is 11.9 Å². The number of nitrogens with zero attached hydrogens (tertiary/aromatic N) is 2. The predicted octanol–water partition coefficient (Wildman–Crippen LogP) is 2.55. The highest BCUT2D eigenvalue weighted by atomic mass is 16.7. The van der Waals surface area contributed by atoms with Gasteiger partial charge in [-0.3, -0.25) is 0 Å². The summed E-state index contributed by atoms with van der Waals surface area (Å²) in [5.74, 6) is 0.0593. The molecule has 2 unspecified atom stereocenters. The summed E-state index contributed by atoms with van der Waals surface area (Å²) in [4.78, 5) is 27.4. The zero-order valence-corrected chi connectivity index (χ0v) is 15.1. The highest BCUT2D eigenvalue weighted by Crippen LogP contribution is 2.29. The van der Waals surface area contributed by atoms with E-state index in [1.807, 2.05) is 0 Å². The molecule has 1 aromatic rings. The van der Waals surface area contributed by atoms with Crippen LogP contribution < -0.4 is 0 Å². The van der Waals surface area contributed by atoms with Crippen molar-refractivity contribution in [2.24, 2.45) is 0 Å². The molecule has 1 aromatic carbocycles. The van der Waals surface area contributed by atoms with Crippen LogP contribution in [-0.2, 0) is 15.9 Å². The maximum Gasteiger partial charge on any atom is 0.506 e. The van der Waals surface area contributed by atoms with E-state index in [9.17, 15) is 9.59 Å². The Morgan fingerprint density at radius 1 is 1.15 bits per heavy atom. The van der Waals surface area contributed by atoms with Gasteiger partial charge in [0.15, 0.2) is 0 Å². The molecule has 2 saturated heterocycles. The lowest BCUT2D eigenvalue weighted by Crippen LogP contribution is -2.54. The number of urea groups is 1. The minimum atomic E-state index is -1.30. The van der Waals surface area contributed by atoms with Crippen molar-refractivity contribution in [3.8, 4) is 0 Å². The lowest BCUT2D eigenvalue weighted by molar-refractivity contribution is 0.00359. The van der Waals surface area contributed by atoms with Gasteiger partial charge in [0, 0.05) is 25.6 Å². The van der Waals surface area contributed by atoms with E-state index in [0.717, 1.165) is 12.0 Å². The average Bonchev–Trinajstić information content (AvgIpc) is 2.67. The second kappa shape index (κ2) is 8.40. The van der Waals surface area contributed by atoms with Crippen LogP contribution in [0.15, 0.2) is 24.3 Å². The van der Waals surface area contributed by atoms with Crippen LogP contribution in [0.4, 0.5) is 9.59 Å². The fourth-order valence-corrected chi connectivity index (χ4v) is 3.66. The molecule has 142 valence electrons. The summed E-state index contributed by atoms with van der Waals surface area (Å²) < 4.78 is 10.3. The van der Waals surface area contributed by atoms with Gasteiger partial charge >= 0.3 is 12.2 Å². The first-order valence-corrected chi connectivity index (χ1v) is 9.16. The number of carbonyl (C=O) groups excluding carboxylic acids is 1. The minimum Gasteiger partial charge on any atom is -0.450 e. The van der Waals surface area contributed by atoms with Gasteiger partial charge in [0.25, 0.3) is 0 Å². The summed E-state index contributed by atoms with van der Waals surface area (Å²) >= 11 is 0. The molecular formula is C19H26N2O5. The number of rotatable bonds is 3. The number of aryl methyl sites for hydroxylation is 1. The standard InChI is InChI=1S/C19H26N2O5/c1-2-14-3-5-15(6-4-14)16-11-17(26-19(23)24)13-21(12-16)18(22)20-7-9-25-10-8-20/h3-6,16-17H,2,7-13H2,1H3,(H,23,24). The first kappa shape index (κ1) is 18.5. The predicted molar refractivity (Wildman–Crippen MR) is 95.4 cm³/mol. The largest absolute Gasteiger partial charge is 0.506 e. The van der Waals surface area contributed by atoms with Gasteiger partial charge < -0.3 is 24.4 Å². The Labute approximate surface area is 153 Å². The molecule has 0 aromatic heterocycles. The van der Waals surface area contributed by atoms with E-state index in [4.69, 9.17) is 14.6 Å². The Hall–Kier alpha value is -2.28. The number of carbonyl (C=O) groups is 2. The second-order valence-electron chi connectivity index (χ2n) is 6.82. The number of ether oxygens (including phenoxy) is 2. The summed E-state index contributed by atoms with van der Waals surface area (Å²) in [6, 6.07) is 8.26. The third-order valence-electron chi connectivity index (χ3n) is 5.09. The minimum absolute atomic E-state index is 0.0593. The summed E-state index contributed by atoms with van der Waals surface area (Å²) in [5, 5.41) is 9.01. The molecule has 2 heterocycles. The first-order chi connectivity index (χ1) is 12.6. The number of amides is 2. The van der Waals surface area contributed by atoms with E-state index in [0.29, 0.717) is 45.8 Å². The molecule has 0 bridgehead atoms. The highest BCUT2D eigenvalue weighted by molar-refractivity contribution is 5.75. The molecule has 3 rings (SSSR count). The van der Waals surface area contributed by atoms with Gasteiger partial charge in [0.2, 0.25) is 0 Å². The Morgan fingerprint density at radius 2 is 1.85 bits per heavy atom. The van der Waals surface area contributed by atoms with Crippen molar-refractivity contribution in [1.82, 2.24) is 9.80 Å². The summed E-state index contributed by atoms with van der Waals surface area (Å²) in [5.41, 5.74) is 2.37. The smallest absolute Gasteiger partial charge is 0.450 e. The Morgan fingerprint density at radius 3 is 2.46 bits per heavy atom. The van der Waals surface area contributed by atoms with Crippen molar-refractivity contribution in [3.05, 3.63) is 35.4 Å². The van der Waals surface area contributed by atoms with Crippen molar-refractivity contribution in [2.45, 2.75) is 31.8 Å². The van der Waals surface area contributed by atoms with Crippen LogP contribution in [0.5, 0.6) is 0 Å². The molecule has 2 amide bonds. The second-order valence-corrected chi connectivity index (χ2v) is 6.82. The van der Waals surface area contributed by atoms with Crippen LogP contribution in [0.25, 0.3) is 0 Å². The van der Waals surface area contributed by atoms with Crippen LogP contribution in [-0.4, -0.2) is 72.6 Å². The third-order valence-corrected chi connectivity index (χ3v) is 5.09. The zero-order valence-electron chi connectivity index (χ0n) is 15.1. The van der Waals surface area contributed by atoms with E-state index < -0.39 is 12.3 Å². The first-order valence-electron chi connectivity index (χ1n) is 9.16. The summed E-state index contributed by atoms with van der Waals surface area (Å²) in [6.07, 6.45) is -0.250. The van der Waals surface area contributed by atoms with Gasteiger partial charge in [-0.1, -0.05) is 31.2 Å². The normalized spacial score (nSPS) is 23.6. The van der Waals surface area contributed by atoms with Crippen molar-refractivity contribution in [2.75, 3.05) is 39.4 Å². The Kier molecular flexibility index (Phi) is 5.98. The average molecular weight is 362 g/mol. The molecule has 2 aliphatic rings. The van der Waals surface area contributed by atoms with Crippen LogP contribution in [0.3, 0.4) is 0 Å². The van der Waals surface area contributed by atoms with Gasteiger partial charge in [-0.2, -0.15) is 0 Å². The number of benzene rings is 1. The fraction of sp³-hybridized carbons (Fsp3) is 0.579. The topological polar surface area (TPSA) is 79.3 Å². The van der Waals surface area contributed by atoms with E-state index in [1.54, 1.807) is 9.80 Å². The molecule has 26 heavy (non-hydrogen) atoms. The van der Waals surface area contributed by atoms with Crippen molar-refractivity contribution >= 4 is 12.2 Å². The summed E-state index contributed by atoms with van der Waals surface area (Å²) in [6.45, 7) is 5.18. The molecule has 0 spiro atoms. The molecule has 2 aliphatic heterocycles.